The molecule has 3 fully saturated rings. The van der Waals surface area contributed by atoms with E-state index in [-0.39, 0.29) is 17.9 Å². The van der Waals surface area contributed by atoms with Gasteiger partial charge in [0.1, 0.15) is 5.82 Å². The molecule has 1 aromatic heterocycles. The van der Waals surface area contributed by atoms with Gasteiger partial charge in [-0.25, -0.2) is 4.98 Å². The van der Waals surface area contributed by atoms with Crippen LogP contribution >= 0.6 is 0 Å². The van der Waals surface area contributed by atoms with Crippen LogP contribution in [0.15, 0.2) is 18.3 Å². The zero-order chi connectivity index (χ0) is 19.3. The number of hydrogen-bond donors (Lipinski definition) is 2. The van der Waals surface area contributed by atoms with E-state index in [9.17, 15) is 9.59 Å². The number of pyridine rings is 1. The highest BCUT2D eigenvalue weighted by Gasteiger charge is 2.29. The van der Waals surface area contributed by atoms with Gasteiger partial charge in [-0.05, 0) is 63.1 Å². The van der Waals surface area contributed by atoms with Crippen molar-refractivity contribution in [2.45, 2.75) is 44.6 Å². The maximum Gasteiger partial charge on any atom is 0.257 e. The molecule has 1 aromatic rings. The van der Waals surface area contributed by atoms with Crippen molar-refractivity contribution in [1.82, 2.24) is 20.5 Å². The number of nitrogens with one attached hydrogen (secondary N) is 2. The van der Waals surface area contributed by atoms with Gasteiger partial charge in [0.05, 0.1) is 11.6 Å². The lowest BCUT2D eigenvalue weighted by atomic mass is 9.97. The van der Waals surface area contributed by atoms with Gasteiger partial charge in [-0.2, -0.15) is 0 Å². The molecule has 0 saturated carbocycles. The molecular weight excluding hydrogens is 354 g/mol. The maximum atomic E-state index is 13.2. The molecule has 0 spiro atoms. The third-order valence-electron chi connectivity index (χ3n) is 6.17. The third-order valence-corrected chi connectivity index (χ3v) is 6.17. The van der Waals surface area contributed by atoms with E-state index in [0.717, 1.165) is 70.5 Å². The Morgan fingerprint density at radius 1 is 1.14 bits per heavy atom. The topological polar surface area (TPSA) is 77.6 Å². The molecule has 28 heavy (non-hydrogen) atoms. The number of carbonyl (C=O) groups is 2. The summed E-state index contributed by atoms with van der Waals surface area (Å²) >= 11 is 0. The molecule has 3 aliphatic rings. The van der Waals surface area contributed by atoms with Crippen LogP contribution in [0.1, 0.15) is 48.9 Å². The first kappa shape index (κ1) is 19.2. The molecule has 2 atom stereocenters. The van der Waals surface area contributed by atoms with Crippen LogP contribution in [0.5, 0.6) is 0 Å². The molecule has 2 N–H and O–H groups in total. The van der Waals surface area contributed by atoms with Gasteiger partial charge in [0.2, 0.25) is 5.91 Å². The van der Waals surface area contributed by atoms with Crippen LogP contribution in [-0.2, 0) is 4.79 Å². The van der Waals surface area contributed by atoms with Crippen molar-refractivity contribution in [2.75, 3.05) is 44.2 Å². The van der Waals surface area contributed by atoms with Crippen molar-refractivity contribution < 1.29 is 9.59 Å². The highest BCUT2D eigenvalue weighted by atomic mass is 16.2. The van der Waals surface area contributed by atoms with Gasteiger partial charge in [-0.3, -0.25) is 9.59 Å². The molecular formula is C21H31N5O2. The molecule has 4 rings (SSSR count). The van der Waals surface area contributed by atoms with Crippen molar-refractivity contribution in [3.05, 3.63) is 23.9 Å². The van der Waals surface area contributed by atoms with Crippen LogP contribution in [0, 0.1) is 5.92 Å². The molecule has 0 radical (unpaired) electrons. The average Bonchev–Trinajstić information content (AvgIpc) is 3.46. The summed E-state index contributed by atoms with van der Waals surface area (Å²) in [6.45, 7) is 5.00. The molecule has 7 heteroatoms. The predicted octanol–water partition coefficient (Wildman–Crippen LogP) is 1.40. The largest absolute Gasteiger partial charge is 0.356 e. The summed E-state index contributed by atoms with van der Waals surface area (Å²) in [6, 6.07) is 3.71. The minimum atomic E-state index is -0.0419. The monoisotopic (exact) mass is 385 g/mol. The standard InChI is InChI=1S/C21H31N5O2/c27-20(18-8-4-9-22-18)24-14-16-6-5-13-26(15-16)21(28)17-7-3-10-23-19(17)25-11-1-2-12-25/h3,7,10,16,18,22H,1-2,4-6,8-9,11-15H2,(H,24,27). The van der Waals surface area contributed by atoms with Gasteiger partial charge in [0.25, 0.3) is 5.91 Å². The number of likely N-dealkylation sites (tertiary alicyclic amines) is 1. The Morgan fingerprint density at radius 2 is 2.00 bits per heavy atom. The Labute approximate surface area is 166 Å². The lowest BCUT2D eigenvalue weighted by Gasteiger charge is -2.34. The van der Waals surface area contributed by atoms with E-state index in [2.05, 4.69) is 20.5 Å². The first-order valence-electron chi connectivity index (χ1n) is 10.7. The second-order valence-corrected chi connectivity index (χ2v) is 8.22. The number of amides is 2. The first-order valence-corrected chi connectivity index (χ1v) is 10.7. The summed E-state index contributed by atoms with van der Waals surface area (Å²) in [7, 11) is 0. The van der Waals surface area contributed by atoms with Crippen LogP contribution in [0.25, 0.3) is 0 Å². The van der Waals surface area contributed by atoms with E-state index in [1.807, 2.05) is 17.0 Å². The van der Waals surface area contributed by atoms with Gasteiger partial charge in [-0.1, -0.05) is 0 Å². The first-order chi connectivity index (χ1) is 13.7. The van der Waals surface area contributed by atoms with E-state index in [1.165, 1.54) is 0 Å². The molecule has 3 saturated heterocycles. The van der Waals surface area contributed by atoms with E-state index in [4.69, 9.17) is 0 Å². The van der Waals surface area contributed by atoms with Crippen molar-refractivity contribution in [1.29, 1.82) is 0 Å². The van der Waals surface area contributed by atoms with Crippen molar-refractivity contribution >= 4 is 17.6 Å². The molecule has 2 amide bonds. The number of piperidine rings is 1. The van der Waals surface area contributed by atoms with Crippen LogP contribution in [0.3, 0.4) is 0 Å². The van der Waals surface area contributed by atoms with E-state index >= 15 is 0 Å². The Kier molecular flexibility index (Phi) is 6.10. The zero-order valence-corrected chi connectivity index (χ0v) is 16.5. The van der Waals surface area contributed by atoms with Crippen LogP contribution in [0.4, 0.5) is 5.82 Å². The fraction of sp³-hybridized carbons (Fsp3) is 0.667. The van der Waals surface area contributed by atoms with Gasteiger partial charge in [0, 0.05) is 38.9 Å². The smallest absolute Gasteiger partial charge is 0.257 e. The molecule has 0 aliphatic carbocycles. The van der Waals surface area contributed by atoms with Crippen LogP contribution in [-0.4, -0.2) is 67.0 Å². The number of nitrogens with zero attached hydrogens (tertiary/aromatic N) is 3. The summed E-state index contributed by atoms with van der Waals surface area (Å²) in [5.41, 5.74) is 0.712. The summed E-state index contributed by atoms with van der Waals surface area (Å²) < 4.78 is 0. The molecule has 2 unspecified atom stereocenters. The van der Waals surface area contributed by atoms with Crippen LogP contribution < -0.4 is 15.5 Å². The fourth-order valence-electron chi connectivity index (χ4n) is 4.61. The molecule has 0 bridgehead atoms. The molecule has 0 aromatic carbocycles. The van der Waals surface area contributed by atoms with Crippen LogP contribution in [0.2, 0.25) is 0 Å². The van der Waals surface area contributed by atoms with E-state index < -0.39 is 0 Å². The Morgan fingerprint density at radius 3 is 2.79 bits per heavy atom. The van der Waals surface area contributed by atoms with Crippen molar-refractivity contribution in [3.8, 4) is 0 Å². The molecule has 4 heterocycles. The van der Waals surface area contributed by atoms with Gasteiger partial charge >= 0.3 is 0 Å². The van der Waals surface area contributed by atoms with Gasteiger partial charge in [-0.15, -0.1) is 0 Å². The van der Waals surface area contributed by atoms with Gasteiger partial charge < -0.3 is 20.4 Å². The highest BCUT2D eigenvalue weighted by Crippen LogP contribution is 2.25. The summed E-state index contributed by atoms with van der Waals surface area (Å²) in [6.07, 6.45) is 8.10. The zero-order valence-electron chi connectivity index (χ0n) is 16.5. The molecule has 3 aliphatic heterocycles. The lowest BCUT2D eigenvalue weighted by molar-refractivity contribution is -0.123. The van der Waals surface area contributed by atoms with E-state index in [1.54, 1.807) is 6.20 Å². The maximum absolute atomic E-state index is 13.2. The number of anilines is 1. The second kappa shape index (κ2) is 8.90. The van der Waals surface area contributed by atoms with Crippen molar-refractivity contribution in [2.24, 2.45) is 5.92 Å². The minimum absolute atomic E-state index is 0.0419. The molecule has 7 nitrogen and oxygen atoms in total. The van der Waals surface area contributed by atoms with Crippen molar-refractivity contribution in [3.63, 3.8) is 0 Å². The van der Waals surface area contributed by atoms with Gasteiger partial charge in [0.15, 0.2) is 0 Å². The number of hydrogen-bond acceptors (Lipinski definition) is 5. The third kappa shape index (κ3) is 4.29. The summed E-state index contributed by atoms with van der Waals surface area (Å²) in [4.78, 5) is 34.2. The normalized spacial score (nSPS) is 25.1. The Balaban J connectivity index is 1.36. The highest BCUT2D eigenvalue weighted by molar-refractivity contribution is 5.99. The predicted molar refractivity (Wildman–Crippen MR) is 108 cm³/mol. The number of carbonyl (C=O) groups excluding carboxylic acids is 2. The average molecular weight is 386 g/mol. The second-order valence-electron chi connectivity index (χ2n) is 8.22. The number of aromatic nitrogens is 1. The summed E-state index contributed by atoms with van der Waals surface area (Å²) in [5.74, 6) is 1.32. The quantitative estimate of drug-likeness (QED) is 0.801. The lowest BCUT2D eigenvalue weighted by Crippen LogP contribution is -2.47. The fourth-order valence-corrected chi connectivity index (χ4v) is 4.61. The Bertz CT molecular complexity index is 698. The summed E-state index contributed by atoms with van der Waals surface area (Å²) in [5, 5.41) is 6.33. The molecule has 152 valence electrons. The Hall–Kier alpha value is -2.15. The minimum Gasteiger partial charge on any atom is -0.356 e. The van der Waals surface area contributed by atoms with E-state index in [0.29, 0.717) is 24.6 Å². The number of rotatable bonds is 5. The SMILES string of the molecule is O=C(NCC1CCCN(C(=O)c2cccnc2N2CCCC2)C1)C1CCCN1.